The normalized spacial score (nSPS) is 13.9. The summed E-state index contributed by atoms with van der Waals surface area (Å²) in [7, 11) is 0. The van der Waals surface area contributed by atoms with E-state index in [0.717, 1.165) is 0 Å². The molecule has 4 unspecified atom stereocenters. The van der Waals surface area contributed by atoms with Crippen LogP contribution in [-0.4, -0.2) is 97.1 Å². The number of carbonyl (C=O) groups excluding carboxylic acids is 3. The lowest BCUT2D eigenvalue weighted by Gasteiger charge is -2.24. The van der Waals surface area contributed by atoms with Gasteiger partial charge in [0.25, 0.3) is 0 Å². The number of aliphatic hydroxyl groups is 1. The first kappa shape index (κ1) is 29.7. The van der Waals surface area contributed by atoms with E-state index in [-0.39, 0.29) is 31.8 Å². The number of hydrogen-bond acceptors (Lipinski definition) is 9. The van der Waals surface area contributed by atoms with Crippen molar-refractivity contribution in [2.45, 2.75) is 49.9 Å². The van der Waals surface area contributed by atoms with E-state index >= 15 is 0 Å². The molecule has 38 heavy (non-hydrogen) atoms. The van der Waals surface area contributed by atoms with Gasteiger partial charge in [-0.25, -0.2) is 14.8 Å². The standard InChI is InChI=1S/C21H33N11O6/c22-13(2-1-3-27-21(23)24)17(34)30-14(4-11-6-25-9-28-11)18(35)32-16(8-33)19(36)31-15(20(37)38)5-12-7-26-10-29-12/h6-7,9-10,13-16,33H,1-5,8,22H2,(H,25,28)(H,26,29)(H,30,34)(H,31,36)(H,32,35)(H,37,38)(H4,23,24,27). The Hall–Kier alpha value is -4.51. The number of rotatable bonds is 16. The number of aromatic nitrogens is 4. The van der Waals surface area contributed by atoms with Crippen molar-refractivity contribution < 1.29 is 29.4 Å². The van der Waals surface area contributed by atoms with Gasteiger partial charge in [-0.05, 0) is 12.8 Å². The van der Waals surface area contributed by atoms with Crippen LogP contribution in [0.5, 0.6) is 0 Å². The van der Waals surface area contributed by atoms with Gasteiger partial charge in [-0.3, -0.25) is 19.4 Å². The second kappa shape index (κ2) is 14.9. The number of imidazole rings is 2. The molecule has 0 aliphatic rings. The zero-order valence-electron chi connectivity index (χ0n) is 20.5. The molecule has 17 nitrogen and oxygen atoms in total. The van der Waals surface area contributed by atoms with Crippen LogP contribution in [0.1, 0.15) is 24.2 Å². The minimum Gasteiger partial charge on any atom is -0.480 e. The molecule has 13 N–H and O–H groups in total. The SMILES string of the molecule is NC(N)=NCCCC(N)C(=O)NC(Cc1cnc[nH]1)C(=O)NC(CO)C(=O)NC(Cc1cnc[nH]1)C(=O)O. The molecule has 4 atom stereocenters. The molecule has 0 bridgehead atoms. The van der Waals surface area contributed by atoms with Crippen LogP contribution in [0, 0.1) is 0 Å². The first-order chi connectivity index (χ1) is 18.1. The number of nitrogens with zero attached hydrogens (tertiary/aromatic N) is 3. The van der Waals surface area contributed by atoms with Crippen molar-refractivity contribution in [1.82, 2.24) is 35.9 Å². The summed E-state index contributed by atoms with van der Waals surface area (Å²) in [6.07, 6.45) is 6.11. The number of aliphatic carboxylic acids is 1. The van der Waals surface area contributed by atoms with E-state index in [2.05, 4.69) is 40.9 Å². The predicted octanol–water partition coefficient (Wildman–Crippen LogP) is -4.17. The fraction of sp³-hybridized carbons (Fsp3) is 0.476. The molecule has 17 heteroatoms. The molecule has 2 aromatic heterocycles. The van der Waals surface area contributed by atoms with Crippen LogP contribution < -0.4 is 33.2 Å². The van der Waals surface area contributed by atoms with E-state index in [1.54, 1.807) is 0 Å². The summed E-state index contributed by atoms with van der Waals surface area (Å²) in [5.41, 5.74) is 17.4. The summed E-state index contributed by atoms with van der Waals surface area (Å²) in [6, 6.07) is -5.03. The lowest BCUT2D eigenvalue weighted by atomic mass is 10.1. The van der Waals surface area contributed by atoms with Gasteiger partial charge in [-0.1, -0.05) is 0 Å². The number of carboxylic acids is 1. The monoisotopic (exact) mass is 535 g/mol. The van der Waals surface area contributed by atoms with Crippen molar-refractivity contribution in [3.8, 4) is 0 Å². The van der Waals surface area contributed by atoms with E-state index in [4.69, 9.17) is 17.2 Å². The van der Waals surface area contributed by atoms with Gasteiger partial charge < -0.3 is 53.3 Å². The number of guanidine groups is 1. The largest absolute Gasteiger partial charge is 0.480 e. The Morgan fingerprint density at radius 1 is 0.895 bits per heavy atom. The van der Waals surface area contributed by atoms with Gasteiger partial charge in [0, 0.05) is 43.2 Å². The Morgan fingerprint density at radius 3 is 1.92 bits per heavy atom. The van der Waals surface area contributed by atoms with Crippen molar-refractivity contribution >= 4 is 29.7 Å². The number of amides is 3. The minimum absolute atomic E-state index is 0.0321. The van der Waals surface area contributed by atoms with Crippen LogP contribution in [-0.2, 0) is 32.0 Å². The van der Waals surface area contributed by atoms with Crippen molar-refractivity contribution in [3.63, 3.8) is 0 Å². The third kappa shape index (κ3) is 9.86. The number of aliphatic imine (C=N–C) groups is 1. The Kier molecular flexibility index (Phi) is 11.7. The summed E-state index contributed by atoms with van der Waals surface area (Å²) in [5, 5.41) is 26.3. The fourth-order valence-corrected chi connectivity index (χ4v) is 3.31. The number of H-pyrrole nitrogens is 2. The van der Waals surface area contributed by atoms with Gasteiger partial charge in [0.2, 0.25) is 17.7 Å². The van der Waals surface area contributed by atoms with E-state index < -0.39 is 54.5 Å². The van der Waals surface area contributed by atoms with Gasteiger partial charge in [0.1, 0.15) is 18.1 Å². The summed E-state index contributed by atoms with van der Waals surface area (Å²) in [5.74, 6) is -3.79. The van der Waals surface area contributed by atoms with Gasteiger partial charge >= 0.3 is 5.97 Å². The minimum atomic E-state index is -1.50. The van der Waals surface area contributed by atoms with E-state index in [1.165, 1.54) is 25.0 Å². The number of hydrogen-bond donors (Lipinski definition) is 10. The highest BCUT2D eigenvalue weighted by atomic mass is 16.4. The fourth-order valence-electron chi connectivity index (χ4n) is 3.31. The summed E-state index contributed by atoms with van der Waals surface area (Å²) in [6.45, 7) is -0.560. The van der Waals surface area contributed by atoms with E-state index in [1.807, 2.05) is 0 Å². The maximum Gasteiger partial charge on any atom is 0.326 e. The highest BCUT2D eigenvalue weighted by Gasteiger charge is 2.30. The zero-order chi connectivity index (χ0) is 28.1. The molecule has 2 heterocycles. The second-order valence-corrected chi connectivity index (χ2v) is 8.32. The molecule has 0 fully saturated rings. The number of nitrogens with one attached hydrogen (secondary N) is 5. The molecular formula is C21H33N11O6. The Morgan fingerprint density at radius 2 is 1.42 bits per heavy atom. The molecule has 208 valence electrons. The second-order valence-electron chi connectivity index (χ2n) is 8.32. The summed E-state index contributed by atoms with van der Waals surface area (Å²) >= 11 is 0. The Labute approximate surface area is 217 Å². The predicted molar refractivity (Wildman–Crippen MR) is 133 cm³/mol. The lowest BCUT2D eigenvalue weighted by Crippen LogP contribution is -2.58. The third-order valence-corrected chi connectivity index (χ3v) is 5.33. The number of aromatic amines is 2. The molecule has 0 radical (unpaired) electrons. The van der Waals surface area contributed by atoms with Crippen LogP contribution in [0.4, 0.5) is 0 Å². The smallest absolute Gasteiger partial charge is 0.326 e. The van der Waals surface area contributed by atoms with Gasteiger partial charge in [-0.2, -0.15) is 0 Å². The topological polar surface area (TPSA) is 293 Å². The van der Waals surface area contributed by atoms with E-state index in [0.29, 0.717) is 17.8 Å². The van der Waals surface area contributed by atoms with Crippen LogP contribution in [0.3, 0.4) is 0 Å². The summed E-state index contributed by atoms with van der Waals surface area (Å²) < 4.78 is 0. The molecule has 2 rings (SSSR count). The van der Waals surface area contributed by atoms with Crippen molar-refractivity contribution in [1.29, 1.82) is 0 Å². The highest BCUT2D eigenvalue weighted by Crippen LogP contribution is 2.04. The maximum absolute atomic E-state index is 13.0. The van der Waals surface area contributed by atoms with E-state index in [9.17, 15) is 29.4 Å². The van der Waals surface area contributed by atoms with Crippen molar-refractivity contribution in [2.75, 3.05) is 13.2 Å². The molecule has 3 amide bonds. The number of aliphatic hydroxyl groups excluding tert-OH is 1. The first-order valence-electron chi connectivity index (χ1n) is 11.6. The molecule has 0 saturated carbocycles. The molecule has 0 aromatic carbocycles. The van der Waals surface area contributed by atoms with Crippen LogP contribution in [0.25, 0.3) is 0 Å². The number of nitrogens with two attached hydrogens (primary N) is 3. The Bertz CT molecular complexity index is 1070. The average molecular weight is 536 g/mol. The molecular weight excluding hydrogens is 502 g/mol. The third-order valence-electron chi connectivity index (χ3n) is 5.33. The maximum atomic E-state index is 13.0. The quantitative estimate of drug-likeness (QED) is 0.0558. The van der Waals surface area contributed by atoms with Crippen molar-refractivity contribution in [2.24, 2.45) is 22.2 Å². The van der Waals surface area contributed by atoms with Crippen LogP contribution in [0.2, 0.25) is 0 Å². The Balaban J connectivity index is 2.04. The molecule has 0 aliphatic heterocycles. The number of carboxylic acid groups (broad SMARTS) is 1. The van der Waals surface area contributed by atoms with Gasteiger partial charge in [0.15, 0.2) is 5.96 Å². The van der Waals surface area contributed by atoms with Crippen molar-refractivity contribution in [3.05, 3.63) is 36.4 Å². The van der Waals surface area contributed by atoms with Gasteiger partial charge in [-0.15, -0.1) is 0 Å². The zero-order valence-corrected chi connectivity index (χ0v) is 20.5. The first-order valence-corrected chi connectivity index (χ1v) is 11.6. The van der Waals surface area contributed by atoms with Crippen LogP contribution in [0.15, 0.2) is 30.0 Å². The van der Waals surface area contributed by atoms with Crippen LogP contribution >= 0.6 is 0 Å². The number of carbonyl (C=O) groups is 4. The summed E-state index contributed by atoms with van der Waals surface area (Å²) in [4.78, 5) is 67.0. The molecule has 0 aliphatic carbocycles. The highest BCUT2D eigenvalue weighted by molar-refractivity contribution is 5.94. The molecule has 0 saturated heterocycles. The van der Waals surface area contributed by atoms with Gasteiger partial charge in [0.05, 0.1) is 25.3 Å². The molecule has 0 spiro atoms. The molecule has 2 aromatic rings. The average Bonchev–Trinajstić information content (AvgIpc) is 3.58. The lowest BCUT2D eigenvalue weighted by molar-refractivity contribution is -0.142.